The second-order valence-corrected chi connectivity index (χ2v) is 6.37. The van der Waals surface area contributed by atoms with Crippen LogP contribution in [0.4, 0.5) is 4.39 Å². The summed E-state index contributed by atoms with van der Waals surface area (Å²) in [5, 5.41) is 9.84. The molecule has 0 amide bonds. The van der Waals surface area contributed by atoms with Gasteiger partial charge in [0.2, 0.25) is 0 Å². The van der Waals surface area contributed by atoms with Gasteiger partial charge in [0.15, 0.2) is 0 Å². The third-order valence-electron chi connectivity index (χ3n) is 4.45. The van der Waals surface area contributed by atoms with Gasteiger partial charge < -0.3 is 10.0 Å². The predicted molar refractivity (Wildman–Crippen MR) is 80.0 cm³/mol. The molecule has 0 radical (unpaired) electrons. The molecular weight excluding hydrogens is 253 g/mol. The molecule has 1 fully saturated rings. The van der Waals surface area contributed by atoms with Crippen molar-refractivity contribution in [3.63, 3.8) is 0 Å². The van der Waals surface area contributed by atoms with E-state index in [-0.39, 0.29) is 17.8 Å². The highest BCUT2D eigenvalue weighted by Crippen LogP contribution is 2.35. The lowest BCUT2D eigenvalue weighted by Gasteiger charge is -2.35. The van der Waals surface area contributed by atoms with E-state index in [4.69, 9.17) is 0 Å². The summed E-state index contributed by atoms with van der Waals surface area (Å²) >= 11 is 0. The van der Waals surface area contributed by atoms with Crippen LogP contribution < -0.4 is 0 Å². The van der Waals surface area contributed by atoms with Crippen molar-refractivity contribution in [3.8, 4) is 0 Å². The summed E-state index contributed by atoms with van der Waals surface area (Å²) in [7, 11) is 2.06. The molecule has 2 rings (SSSR count). The van der Waals surface area contributed by atoms with Crippen molar-refractivity contribution in [2.75, 3.05) is 20.2 Å². The summed E-state index contributed by atoms with van der Waals surface area (Å²) in [6, 6.07) is 6.78. The minimum Gasteiger partial charge on any atom is -0.396 e. The van der Waals surface area contributed by atoms with Gasteiger partial charge in [0, 0.05) is 25.1 Å². The largest absolute Gasteiger partial charge is 0.396 e. The van der Waals surface area contributed by atoms with Gasteiger partial charge in [-0.2, -0.15) is 0 Å². The standard InChI is InChI=1S/C17H26FNO/c1-19(12-15-7-6-8-16(18)11-15)13-17(14-20)9-4-2-3-5-10-17/h6-8,11,20H,2-5,9-10,12-14H2,1H3. The number of aliphatic hydroxyl groups is 1. The van der Waals surface area contributed by atoms with Crippen molar-refractivity contribution in [2.24, 2.45) is 5.41 Å². The Morgan fingerprint density at radius 1 is 1.20 bits per heavy atom. The van der Waals surface area contributed by atoms with E-state index in [2.05, 4.69) is 11.9 Å². The maximum atomic E-state index is 13.2. The van der Waals surface area contributed by atoms with Crippen molar-refractivity contribution in [1.29, 1.82) is 0 Å². The lowest BCUT2D eigenvalue weighted by atomic mass is 9.80. The molecule has 1 N–H and O–H groups in total. The molecule has 1 aliphatic rings. The van der Waals surface area contributed by atoms with E-state index >= 15 is 0 Å². The highest BCUT2D eigenvalue weighted by atomic mass is 19.1. The smallest absolute Gasteiger partial charge is 0.123 e. The van der Waals surface area contributed by atoms with Crippen LogP contribution in [0, 0.1) is 11.2 Å². The van der Waals surface area contributed by atoms with Crippen LogP contribution in [0.3, 0.4) is 0 Å². The first-order chi connectivity index (χ1) is 9.63. The molecule has 2 nitrogen and oxygen atoms in total. The summed E-state index contributed by atoms with van der Waals surface area (Å²) in [5.74, 6) is -0.178. The molecule has 0 saturated heterocycles. The second-order valence-electron chi connectivity index (χ2n) is 6.37. The zero-order valence-electron chi connectivity index (χ0n) is 12.4. The highest BCUT2D eigenvalue weighted by Gasteiger charge is 2.31. The van der Waals surface area contributed by atoms with E-state index in [1.807, 2.05) is 6.07 Å². The summed E-state index contributed by atoms with van der Waals surface area (Å²) < 4.78 is 13.2. The van der Waals surface area contributed by atoms with Gasteiger partial charge in [0.1, 0.15) is 5.82 Å². The molecule has 1 aromatic rings. The molecule has 1 aliphatic carbocycles. The fourth-order valence-corrected chi connectivity index (χ4v) is 3.42. The lowest BCUT2D eigenvalue weighted by Crippen LogP contribution is -2.38. The molecule has 0 bridgehead atoms. The molecule has 1 aromatic carbocycles. The molecule has 3 heteroatoms. The van der Waals surface area contributed by atoms with Crippen LogP contribution >= 0.6 is 0 Å². The maximum absolute atomic E-state index is 13.2. The molecular formula is C17H26FNO. The normalized spacial score (nSPS) is 19.0. The first-order valence-corrected chi connectivity index (χ1v) is 7.67. The SMILES string of the molecule is CN(Cc1cccc(F)c1)CC1(CO)CCCCCC1. The Hall–Kier alpha value is -0.930. The predicted octanol–water partition coefficient (Wildman–Crippen LogP) is 3.59. The fraction of sp³-hybridized carbons (Fsp3) is 0.647. The number of halogens is 1. The van der Waals surface area contributed by atoms with Crippen LogP contribution in [-0.2, 0) is 6.54 Å². The van der Waals surface area contributed by atoms with Gasteiger partial charge >= 0.3 is 0 Å². The van der Waals surface area contributed by atoms with Gasteiger partial charge in [-0.1, -0.05) is 37.8 Å². The van der Waals surface area contributed by atoms with Crippen molar-refractivity contribution >= 4 is 0 Å². The van der Waals surface area contributed by atoms with Gasteiger partial charge in [-0.3, -0.25) is 0 Å². The van der Waals surface area contributed by atoms with Crippen LogP contribution in [0.5, 0.6) is 0 Å². The summed E-state index contributed by atoms with van der Waals surface area (Å²) in [6.45, 7) is 1.89. The van der Waals surface area contributed by atoms with E-state index in [9.17, 15) is 9.50 Å². The van der Waals surface area contributed by atoms with E-state index in [1.165, 1.54) is 31.7 Å². The lowest BCUT2D eigenvalue weighted by molar-refractivity contribution is 0.0663. The summed E-state index contributed by atoms with van der Waals surface area (Å²) in [5.41, 5.74) is 1.03. The maximum Gasteiger partial charge on any atom is 0.123 e. The van der Waals surface area contributed by atoms with Crippen LogP contribution in [-0.4, -0.2) is 30.2 Å². The Bertz CT molecular complexity index is 413. The first kappa shape index (κ1) is 15.5. The second kappa shape index (κ2) is 7.19. The van der Waals surface area contributed by atoms with E-state index in [1.54, 1.807) is 12.1 Å². The molecule has 0 spiro atoms. The number of hydrogen-bond donors (Lipinski definition) is 1. The van der Waals surface area contributed by atoms with Gasteiger partial charge in [-0.25, -0.2) is 4.39 Å². The first-order valence-electron chi connectivity index (χ1n) is 7.67. The Balaban J connectivity index is 1.96. The number of hydrogen-bond acceptors (Lipinski definition) is 2. The number of aliphatic hydroxyl groups excluding tert-OH is 1. The van der Waals surface area contributed by atoms with Crippen molar-refractivity contribution in [1.82, 2.24) is 4.90 Å². The minimum atomic E-state index is -0.178. The topological polar surface area (TPSA) is 23.5 Å². The van der Waals surface area contributed by atoms with Crippen molar-refractivity contribution in [3.05, 3.63) is 35.6 Å². The van der Waals surface area contributed by atoms with E-state index < -0.39 is 0 Å². The van der Waals surface area contributed by atoms with Crippen LogP contribution in [0.25, 0.3) is 0 Å². The molecule has 1 saturated carbocycles. The van der Waals surface area contributed by atoms with Crippen LogP contribution in [0.15, 0.2) is 24.3 Å². The Kier molecular flexibility index (Phi) is 5.55. The zero-order chi connectivity index (χ0) is 14.4. The molecule has 0 heterocycles. The van der Waals surface area contributed by atoms with Crippen LogP contribution in [0.2, 0.25) is 0 Å². The van der Waals surface area contributed by atoms with Gasteiger partial charge in [0.25, 0.3) is 0 Å². The van der Waals surface area contributed by atoms with E-state index in [0.717, 1.165) is 31.5 Å². The monoisotopic (exact) mass is 279 g/mol. The van der Waals surface area contributed by atoms with Crippen molar-refractivity contribution in [2.45, 2.75) is 45.1 Å². The average molecular weight is 279 g/mol. The molecule has 0 aromatic heterocycles. The van der Waals surface area contributed by atoms with Gasteiger partial charge in [-0.05, 0) is 37.6 Å². The molecule has 0 unspecified atom stereocenters. The minimum absolute atomic E-state index is 0.0403. The van der Waals surface area contributed by atoms with Crippen LogP contribution in [0.1, 0.15) is 44.1 Å². The highest BCUT2D eigenvalue weighted by molar-refractivity contribution is 5.16. The molecule has 0 aliphatic heterocycles. The van der Waals surface area contributed by atoms with Gasteiger partial charge in [-0.15, -0.1) is 0 Å². The molecule has 112 valence electrons. The number of rotatable bonds is 5. The summed E-state index contributed by atoms with van der Waals surface area (Å²) in [6.07, 6.45) is 7.22. The fourth-order valence-electron chi connectivity index (χ4n) is 3.42. The quantitative estimate of drug-likeness (QED) is 0.833. The average Bonchev–Trinajstić information content (AvgIpc) is 2.65. The Morgan fingerprint density at radius 2 is 1.90 bits per heavy atom. The van der Waals surface area contributed by atoms with E-state index in [0.29, 0.717) is 0 Å². The third-order valence-corrected chi connectivity index (χ3v) is 4.45. The van der Waals surface area contributed by atoms with Crippen molar-refractivity contribution < 1.29 is 9.50 Å². The Labute approximate surface area is 121 Å². The summed E-state index contributed by atoms with van der Waals surface area (Å²) in [4.78, 5) is 2.22. The number of benzene rings is 1. The molecule has 20 heavy (non-hydrogen) atoms. The number of nitrogens with zero attached hydrogens (tertiary/aromatic N) is 1. The molecule has 0 atom stereocenters. The Morgan fingerprint density at radius 3 is 2.50 bits per heavy atom. The zero-order valence-corrected chi connectivity index (χ0v) is 12.4. The third kappa shape index (κ3) is 4.29. The van der Waals surface area contributed by atoms with Gasteiger partial charge in [0.05, 0.1) is 0 Å².